The lowest BCUT2D eigenvalue weighted by molar-refractivity contribution is 0.405. The Morgan fingerprint density at radius 3 is 2.45 bits per heavy atom. The minimum absolute atomic E-state index is 0.117. The number of hydrogen-bond acceptors (Lipinski definition) is 3. The summed E-state index contributed by atoms with van der Waals surface area (Å²) in [6.07, 6.45) is 0. The predicted octanol–water partition coefficient (Wildman–Crippen LogP) is 3.07. The third-order valence-corrected chi connectivity index (χ3v) is 3.46. The lowest BCUT2D eigenvalue weighted by atomic mass is 9.97. The summed E-state index contributed by atoms with van der Waals surface area (Å²) in [5.41, 5.74) is 3.56. The molecule has 0 bridgehead atoms. The van der Waals surface area contributed by atoms with Crippen LogP contribution in [0.1, 0.15) is 17.2 Å². The lowest BCUT2D eigenvalue weighted by Crippen LogP contribution is -2.19. The Hall–Kier alpha value is -2.00. The van der Waals surface area contributed by atoms with Gasteiger partial charge in [-0.2, -0.15) is 0 Å². The average molecular weight is 270 g/mol. The zero-order valence-corrected chi connectivity index (χ0v) is 12.6. The second-order valence-electron chi connectivity index (χ2n) is 4.95. The molecule has 0 amide bonds. The summed E-state index contributed by atoms with van der Waals surface area (Å²) in [5.74, 6) is 0.905. The molecule has 0 radical (unpaired) electrons. The molecule has 2 aromatic carbocycles. The molecule has 106 valence electrons. The molecule has 2 aromatic rings. The quantitative estimate of drug-likeness (QED) is 0.903. The molecule has 0 saturated heterocycles. The van der Waals surface area contributed by atoms with Gasteiger partial charge in [-0.05, 0) is 30.8 Å². The number of anilines is 1. The Morgan fingerprint density at radius 1 is 1.05 bits per heavy atom. The molecule has 1 atom stereocenters. The molecule has 0 aliphatic carbocycles. The van der Waals surface area contributed by atoms with Crippen LogP contribution in [0.4, 0.5) is 5.69 Å². The Balaban J connectivity index is 2.44. The Bertz CT molecular complexity index is 566. The first-order valence-electron chi connectivity index (χ1n) is 6.75. The van der Waals surface area contributed by atoms with E-state index in [4.69, 9.17) is 4.74 Å². The molecule has 1 N–H and O–H groups in total. The average Bonchev–Trinajstić information content (AvgIpc) is 2.49. The molecule has 0 saturated carbocycles. The van der Waals surface area contributed by atoms with Gasteiger partial charge in [0.25, 0.3) is 0 Å². The first-order chi connectivity index (χ1) is 9.67. The van der Waals surface area contributed by atoms with Gasteiger partial charge in [0.2, 0.25) is 0 Å². The monoisotopic (exact) mass is 270 g/mol. The van der Waals surface area contributed by atoms with Gasteiger partial charge in [-0.3, -0.25) is 0 Å². The highest BCUT2D eigenvalue weighted by Crippen LogP contribution is 2.30. The third kappa shape index (κ3) is 2.94. The fourth-order valence-corrected chi connectivity index (χ4v) is 2.39. The van der Waals surface area contributed by atoms with E-state index in [0.717, 1.165) is 11.3 Å². The second-order valence-corrected chi connectivity index (χ2v) is 4.95. The molecule has 20 heavy (non-hydrogen) atoms. The van der Waals surface area contributed by atoms with Crippen molar-refractivity contribution in [1.29, 1.82) is 0 Å². The fraction of sp³-hybridized carbons (Fsp3) is 0.294. The van der Waals surface area contributed by atoms with Gasteiger partial charge < -0.3 is 15.0 Å². The van der Waals surface area contributed by atoms with Gasteiger partial charge in [0.15, 0.2) is 0 Å². The molecule has 0 heterocycles. The van der Waals surface area contributed by atoms with Crippen LogP contribution in [-0.2, 0) is 0 Å². The summed E-state index contributed by atoms with van der Waals surface area (Å²) < 4.78 is 5.48. The highest BCUT2D eigenvalue weighted by molar-refractivity contribution is 5.50. The van der Waals surface area contributed by atoms with E-state index in [1.54, 1.807) is 7.11 Å². The van der Waals surface area contributed by atoms with E-state index in [1.807, 2.05) is 25.2 Å². The Kier molecular flexibility index (Phi) is 4.64. The van der Waals surface area contributed by atoms with Gasteiger partial charge in [0.05, 0.1) is 13.2 Å². The maximum Gasteiger partial charge on any atom is 0.123 e. The zero-order valence-electron chi connectivity index (χ0n) is 12.6. The fourth-order valence-electron chi connectivity index (χ4n) is 2.39. The zero-order chi connectivity index (χ0) is 14.5. The molecule has 3 heteroatoms. The van der Waals surface area contributed by atoms with Crippen molar-refractivity contribution in [1.82, 2.24) is 5.32 Å². The van der Waals surface area contributed by atoms with Gasteiger partial charge in [-0.15, -0.1) is 0 Å². The molecule has 1 unspecified atom stereocenters. The minimum atomic E-state index is 0.117. The van der Waals surface area contributed by atoms with Crippen molar-refractivity contribution >= 4 is 5.69 Å². The SMILES string of the molecule is CNC(c1cccc(N(C)C)c1)c1ccccc1OC. The largest absolute Gasteiger partial charge is 0.496 e. The number of nitrogens with one attached hydrogen (secondary N) is 1. The van der Waals surface area contributed by atoms with E-state index in [2.05, 4.69) is 54.6 Å². The van der Waals surface area contributed by atoms with Crippen molar-refractivity contribution in [2.45, 2.75) is 6.04 Å². The molecule has 0 aromatic heterocycles. The molecule has 0 aliphatic heterocycles. The smallest absolute Gasteiger partial charge is 0.123 e. The van der Waals surface area contributed by atoms with Gasteiger partial charge in [-0.1, -0.05) is 30.3 Å². The number of para-hydroxylation sites is 1. The number of methoxy groups -OCH3 is 1. The lowest BCUT2D eigenvalue weighted by Gasteiger charge is -2.21. The van der Waals surface area contributed by atoms with Crippen molar-refractivity contribution in [3.8, 4) is 5.75 Å². The van der Waals surface area contributed by atoms with Crippen molar-refractivity contribution in [3.05, 3.63) is 59.7 Å². The molecule has 2 rings (SSSR count). The summed E-state index contributed by atoms with van der Waals surface area (Å²) in [6, 6.07) is 16.8. The summed E-state index contributed by atoms with van der Waals surface area (Å²) in [4.78, 5) is 2.11. The molecule has 0 aliphatic rings. The first-order valence-corrected chi connectivity index (χ1v) is 6.75. The van der Waals surface area contributed by atoms with Gasteiger partial charge >= 0.3 is 0 Å². The van der Waals surface area contributed by atoms with Crippen LogP contribution in [0.25, 0.3) is 0 Å². The van der Waals surface area contributed by atoms with Crippen LogP contribution in [0.15, 0.2) is 48.5 Å². The van der Waals surface area contributed by atoms with E-state index in [-0.39, 0.29) is 6.04 Å². The predicted molar refractivity (Wildman–Crippen MR) is 84.7 cm³/mol. The molecular weight excluding hydrogens is 248 g/mol. The normalized spacial score (nSPS) is 12.0. The minimum Gasteiger partial charge on any atom is -0.496 e. The highest BCUT2D eigenvalue weighted by atomic mass is 16.5. The maximum atomic E-state index is 5.48. The van der Waals surface area contributed by atoms with Crippen LogP contribution >= 0.6 is 0 Å². The van der Waals surface area contributed by atoms with Crippen molar-refractivity contribution in [2.75, 3.05) is 33.2 Å². The molecule has 3 nitrogen and oxygen atoms in total. The van der Waals surface area contributed by atoms with Crippen molar-refractivity contribution in [3.63, 3.8) is 0 Å². The van der Waals surface area contributed by atoms with E-state index < -0.39 is 0 Å². The number of nitrogens with zero attached hydrogens (tertiary/aromatic N) is 1. The number of benzene rings is 2. The topological polar surface area (TPSA) is 24.5 Å². The highest BCUT2D eigenvalue weighted by Gasteiger charge is 2.16. The number of rotatable bonds is 5. The third-order valence-electron chi connectivity index (χ3n) is 3.46. The van der Waals surface area contributed by atoms with Gasteiger partial charge in [0.1, 0.15) is 5.75 Å². The summed E-state index contributed by atoms with van der Waals surface area (Å²) in [7, 11) is 7.79. The van der Waals surface area contributed by atoms with Crippen LogP contribution in [0, 0.1) is 0 Å². The Morgan fingerprint density at radius 2 is 1.80 bits per heavy atom. The van der Waals surface area contributed by atoms with E-state index in [9.17, 15) is 0 Å². The summed E-state index contributed by atoms with van der Waals surface area (Å²) in [6.45, 7) is 0. The standard InChI is InChI=1S/C17H22N2O/c1-18-17(15-10-5-6-11-16(15)20-4)13-8-7-9-14(12-13)19(2)3/h5-12,17-18H,1-4H3. The van der Waals surface area contributed by atoms with Crippen molar-refractivity contribution in [2.24, 2.45) is 0 Å². The van der Waals surface area contributed by atoms with E-state index in [0.29, 0.717) is 0 Å². The molecular formula is C17H22N2O. The van der Waals surface area contributed by atoms with Gasteiger partial charge in [0, 0.05) is 25.3 Å². The maximum absolute atomic E-state index is 5.48. The Labute approximate surface area is 121 Å². The van der Waals surface area contributed by atoms with Gasteiger partial charge in [-0.25, -0.2) is 0 Å². The van der Waals surface area contributed by atoms with Crippen LogP contribution in [0.2, 0.25) is 0 Å². The van der Waals surface area contributed by atoms with Crippen LogP contribution < -0.4 is 15.0 Å². The van der Waals surface area contributed by atoms with E-state index >= 15 is 0 Å². The molecule has 0 spiro atoms. The van der Waals surface area contributed by atoms with Crippen LogP contribution in [0.3, 0.4) is 0 Å². The second kappa shape index (κ2) is 6.44. The summed E-state index contributed by atoms with van der Waals surface area (Å²) in [5, 5.41) is 3.38. The van der Waals surface area contributed by atoms with Crippen molar-refractivity contribution < 1.29 is 4.74 Å². The van der Waals surface area contributed by atoms with Crippen LogP contribution in [-0.4, -0.2) is 28.3 Å². The number of hydrogen-bond donors (Lipinski definition) is 1. The van der Waals surface area contributed by atoms with Crippen LogP contribution in [0.5, 0.6) is 5.75 Å². The van der Waals surface area contributed by atoms with E-state index in [1.165, 1.54) is 11.3 Å². The molecule has 0 fully saturated rings. The first kappa shape index (κ1) is 14.4. The number of ether oxygens (including phenoxy) is 1. The summed E-state index contributed by atoms with van der Waals surface area (Å²) >= 11 is 0.